The van der Waals surface area contributed by atoms with Gasteiger partial charge in [0, 0.05) is 20.2 Å². The second kappa shape index (κ2) is 16.1. The van der Waals surface area contributed by atoms with Crippen LogP contribution in [0.3, 0.4) is 0 Å². The Balaban J connectivity index is 1.42. The number of methoxy groups -OCH3 is 1. The van der Waals surface area contributed by atoms with Gasteiger partial charge < -0.3 is 45.4 Å². The summed E-state index contributed by atoms with van der Waals surface area (Å²) < 4.78 is 29.5. The molecule has 1 saturated carbocycles. The molecule has 0 bridgehead atoms. The van der Waals surface area contributed by atoms with Crippen molar-refractivity contribution in [2.24, 2.45) is 17.6 Å². The first-order chi connectivity index (χ1) is 20.5. The number of carbonyl (C=O) groups excluding carboxylic acids is 3. The van der Waals surface area contributed by atoms with Crippen molar-refractivity contribution in [1.29, 1.82) is 0 Å². The molecular weight excluding hydrogens is 556 g/mol. The lowest BCUT2D eigenvalue weighted by Gasteiger charge is -2.42. The van der Waals surface area contributed by atoms with Gasteiger partial charge >= 0.3 is 12.2 Å². The number of alkyl carbamates (subject to hydrolysis) is 2. The molecule has 43 heavy (non-hydrogen) atoms. The zero-order valence-electron chi connectivity index (χ0n) is 26.9. The minimum Gasteiger partial charge on any atom is -0.447 e. The standard InChI is InChI=1S/C31H54N4O8/c1-20(2)11-12-24-30(5,43-24)27-26(39-6)23(13-14-31(27)19-41-31)42-29(38)35-22(21(3)4)18-40-28(37)34-16-10-8-7-9-15-33-25(36)17-32/h11,21-24,26-27H,7-10,12-19,32H2,1-6H3,(H,33,36)(H,34,37)(H,35,38)/t22-,23?,24+,26?,27?,30?,31?/m0/s1. The first kappa shape index (κ1) is 35.1. The van der Waals surface area contributed by atoms with Gasteiger partial charge in [-0.25, -0.2) is 9.59 Å². The summed E-state index contributed by atoms with van der Waals surface area (Å²) in [6.45, 7) is 11.9. The third-order valence-corrected chi connectivity index (χ3v) is 8.88. The zero-order valence-corrected chi connectivity index (χ0v) is 26.9. The average Bonchev–Trinajstić information content (AvgIpc) is 3.88. The molecule has 2 aliphatic heterocycles. The van der Waals surface area contributed by atoms with Gasteiger partial charge in [-0.2, -0.15) is 0 Å². The van der Waals surface area contributed by atoms with Gasteiger partial charge in [-0.15, -0.1) is 0 Å². The minimum atomic E-state index is -0.563. The predicted octanol–water partition coefficient (Wildman–Crippen LogP) is 3.18. The molecule has 5 N–H and O–H groups in total. The van der Waals surface area contributed by atoms with Gasteiger partial charge in [-0.1, -0.05) is 38.3 Å². The van der Waals surface area contributed by atoms with Crippen LogP contribution in [0.4, 0.5) is 9.59 Å². The van der Waals surface area contributed by atoms with Gasteiger partial charge in [-0.05, 0) is 58.8 Å². The zero-order chi connectivity index (χ0) is 31.6. The smallest absolute Gasteiger partial charge is 0.407 e. The summed E-state index contributed by atoms with van der Waals surface area (Å²) >= 11 is 0. The minimum absolute atomic E-state index is 0.000886. The Morgan fingerprint density at radius 1 is 1.07 bits per heavy atom. The highest BCUT2D eigenvalue weighted by molar-refractivity contribution is 5.77. The van der Waals surface area contributed by atoms with Gasteiger partial charge in [0.25, 0.3) is 0 Å². The van der Waals surface area contributed by atoms with Crippen molar-refractivity contribution >= 4 is 18.1 Å². The molecule has 1 spiro atoms. The Hall–Kier alpha value is -2.41. The van der Waals surface area contributed by atoms with E-state index < -0.39 is 29.9 Å². The average molecular weight is 611 g/mol. The fourth-order valence-corrected chi connectivity index (χ4v) is 6.10. The topological polar surface area (TPSA) is 166 Å². The summed E-state index contributed by atoms with van der Waals surface area (Å²) in [4.78, 5) is 36.4. The number of ether oxygens (including phenoxy) is 5. The highest BCUT2D eigenvalue weighted by Gasteiger charge is 2.72. The number of allylic oxidation sites excluding steroid dienone is 1. The van der Waals surface area contributed by atoms with Crippen LogP contribution in [0.5, 0.6) is 0 Å². The van der Waals surface area contributed by atoms with Crippen molar-refractivity contribution in [2.75, 3.05) is 40.0 Å². The molecule has 3 amide bonds. The molecule has 5 unspecified atom stereocenters. The van der Waals surface area contributed by atoms with Gasteiger partial charge in [0.2, 0.25) is 5.91 Å². The van der Waals surface area contributed by atoms with Gasteiger partial charge in [0.1, 0.15) is 30.0 Å². The molecule has 7 atom stereocenters. The largest absolute Gasteiger partial charge is 0.447 e. The van der Waals surface area contributed by atoms with Gasteiger partial charge in [0.15, 0.2) is 0 Å². The number of nitrogens with two attached hydrogens (primary N) is 1. The number of amides is 3. The molecule has 2 saturated heterocycles. The normalized spacial score (nSPS) is 29.9. The Labute approximate surface area is 256 Å². The molecule has 246 valence electrons. The van der Waals surface area contributed by atoms with Crippen molar-refractivity contribution < 1.29 is 38.1 Å². The lowest BCUT2D eigenvalue weighted by molar-refractivity contribution is -0.119. The summed E-state index contributed by atoms with van der Waals surface area (Å²) in [5.74, 6) is -0.204. The molecular formula is C31H54N4O8. The van der Waals surface area contributed by atoms with E-state index in [0.29, 0.717) is 26.1 Å². The van der Waals surface area contributed by atoms with E-state index in [9.17, 15) is 14.4 Å². The number of nitrogens with one attached hydrogen (secondary N) is 3. The third kappa shape index (κ3) is 10.1. The molecule has 0 radical (unpaired) electrons. The quantitative estimate of drug-likeness (QED) is 0.110. The number of epoxide rings is 2. The molecule has 12 heteroatoms. The highest BCUT2D eigenvalue weighted by atomic mass is 16.6. The van der Waals surface area contributed by atoms with Crippen LogP contribution in [0.25, 0.3) is 0 Å². The number of hydrogen-bond acceptors (Lipinski definition) is 9. The van der Waals surface area contributed by atoms with Gasteiger partial charge in [0.05, 0.1) is 31.2 Å². The van der Waals surface area contributed by atoms with E-state index in [1.165, 1.54) is 5.57 Å². The Morgan fingerprint density at radius 2 is 1.74 bits per heavy atom. The first-order valence-corrected chi connectivity index (χ1v) is 15.8. The fraction of sp³-hybridized carbons (Fsp3) is 0.839. The molecule has 2 heterocycles. The van der Waals surface area contributed by atoms with Crippen molar-refractivity contribution in [3.05, 3.63) is 11.6 Å². The Bertz CT molecular complexity index is 967. The molecule has 0 aromatic heterocycles. The van der Waals surface area contributed by atoms with Crippen LogP contribution in [0.15, 0.2) is 11.6 Å². The fourth-order valence-electron chi connectivity index (χ4n) is 6.10. The number of rotatable bonds is 17. The highest BCUT2D eigenvalue weighted by Crippen LogP contribution is 2.59. The molecule has 3 aliphatic rings. The van der Waals surface area contributed by atoms with E-state index in [-0.39, 0.29) is 48.7 Å². The van der Waals surface area contributed by atoms with E-state index in [1.807, 2.05) is 13.8 Å². The summed E-state index contributed by atoms with van der Waals surface area (Å²) in [6, 6.07) is -0.418. The van der Waals surface area contributed by atoms with E-state index in [0.717, 1.165) is 38.5 Å². The van der Waals surface area contributed by atoms with Crippen LogP contribution in [0.1, 0.15) is 79.6 Å². The van der Waals surface area contributed by atoms with Crippen molar-refractivity contribution in [3.63, 3.8) is 0 Å². The Morgan fingerprint density at radius 3 is 2.33 bits per heavy atom. The summed E-state index contributed by atoms with van der Waals surface area (Å²) in [6.07, 6.45) is 6.09. The maximum absolute atomic E-state index is 13.1. The number of unbranched alkanes of at least 4 members (excludes halogenated alkanes) is 3. The summed E-state index contributed by atoms with van der Waals surface area (Å²) in [5.41, 5.74) is 5.80. The lowest BCUT2D eigenvalue weighted by Crippen LogP contribution is -2.56. The monoisotopic (exact) mass is 610 g/mol. The molecule has 0 aromatic carbocycles. The predicted molar refractivity (Wildman–Crippen MR) is 161 cm³/mol. The SMILES string of the molecule is COC1C(OC(=O)N[C@@H](COC(=O)NCCCCCCNC(=O)CN)C(C)C)CCC2(CO2)C1C1(C)O[C@@H]1CC=C(C)C. The lowest BCUT2D eigenvalue weighted by atomic mass is 9.68. The van der Waals surface area contributed by atoms with Crippen LogP contribution in [0.2, 0.25) is 0 Å². The van der Waals surface area contributed by atoms with Crippen LogP contribution in [-0.4, -0.2) is 93.6 Å². The van der Waals surface area contributed by atoms with E-state index in [1.54, 1.807) is 7.11 Å². The van der Waals surface area contributed by atoms with E-state index in [4.69, 9.17) is 29.4 Å². The van der Waals surface area contributed by atoms with Crippen molar-refractivity contribution in [1.82, 2.24) is 16.0 Å². The molecule has 1 aliphatic carbocycles. The van der Waals surface area contributed by atoms with Crippen LogP contribution in [-0.2, 0) is 28.5 Å². The van der Waals surface area contributed by atoms with Crippen LogP contribution >= 0.6 is 0 Å². The van der Waals surface area contributed by atoms with Gasteiger partial charge in [-0.3, -0.25) is 4.79 Å². The first-order valence-electron chi connectivity index (χ1n) is 15.8. The molecule has 12 nitrogen and oxygen atoms in total. The summed E-state index contributed by atoms with van der Waals surface area (Å²) in [7, 11) is 1.65. The molecule has 3 fully saturated rings. The third-order valence-electron chi connectivity index (χ3n) is 8.88. The summed E-state index contributed by atoms with van der Waals surface area (Å²) in [5, 5.41) is 8.37. The second-order valence-electron chi connectivity index (χ2n) is 12.8. The van der Waals surface area contributed by atoms with Crippen molar-refractivity contribution in [3.8, 4) is 0 Å². The van der Waals surface area contributed by atoms with Crippen molar-refractivity contribution in [2.45, 2.75) is 115 Å². The maximum Gasteiger partial charge on any atom is 0.407 e. The number of hydrogen-bond donors (Lipinski definition) is 4. The van der Waals surface area contributed by atoms with E-state index >= 15 is 0 Å². The number of carbonyl (C=O) groups is 3. The maximum atomic E-state index is 13.1. The van der Waals surface area contributed by atoms with Crippen LogP contribution < -0.4 is 21.7 Å². The molecule has 0 aromatic rings. The second-order valence-corrected chi connectivity index (χ2v) is 12.8. The van der Waals surface area contributed by atoms with E-state index in [2.05, 4.69) is 42.8 Å². The molecule has 3 rings (SSSR count). The Kier molecular flexibility index (Phi) is 13.1. The van der Waals surface area contributed by atoms with Crippen LogP contribution in [0, 0.1) is 11.8 Å².